The standard InChI is InChI=1S/C15H15N5/c16-12-13-6-7-17-18-15(13)20-10-8-19(9-11-20)14-4-2-1-3-5-14/h1-7H,8-11H2. The Balaban J connectivity index is 1.72. The van der Waals surface area contributed by atoms with Crippen LogP contribution >= 0.6 is 0 Å². The lowest BCUT2D eigenvalue weighted by molar-refractivity contribution is 0.643. The van der Waals surface area contributed by atoms with Gasteiger partial charge in [0, 0.05) is 31.9 Å². The van der Waals surface area contributed by atoms with Gasteiger partial charge in [-0.1, -0.05) is 18.2 Å². The van der Waals surface area contributed by atoms with Crippen molar-refractivity contribution >= 4 is 11.5 Å². The molecule has 0 N–H and O–H groups in total. The molecule has 0 spiro atoms. The van der Waals surface area contributed by atoms with Crippen LogP contribution in [0.25, 0.3) is 0 Å². The molecule has 0 radical (unpaired) electrons. The Kier molecular flexibility index (Phi) is 3.46. The van der Waals surface area contributed by atoms with Crippen LogP contribution in [0.15, 0.2) is 42.6 Å². The van der Waals surface area contributed by atoms with Gasteiger partial charge in [-0.05, 0) is 18.2 Å². The molecule has 5 nitrogen and oxygen atoms in total. The maximum Gasteiger partial charge on any atom is 0.169 e. The van der Waals surface area contributed by atoms with Crippen molar-refractivity contribution in [2.24, 2.45) is 0 Å². The molecule has 5 heteroatoms. The Morgan fingerprint density at radius 3 is 2.35 bits per heavy atom. The van der Waals surface area contributed by atoms with Gasteiger partial charge in [-0.25, -0.2) is 0 Å². The van der Waals surface area contributed by atoms with E-state index in [9.17, 15) is 0 Å². The number of anilines is 2. The first-order valence-corrected chi connectivity index (χ1v) is 6.65. The van der Waals surface area contributed by atoms with Crippen molar-refractivity contribution < 1.29 is 0 Å². The minimum atomic E-state index is 0.591. The van der Waals surface area contributed by atoms with Gasteiger partial charge in [-0.3, -0.25) is 0 Å². The quantitative estimate of drug-likeness (QED) is 0.826. The van der Waals surface area contributed by atoms with E-state index in [0.29, 0.717) is 11.4 Å². The molecule has 2 aromatic rings. The van der Waals surface area contributed by atoms with Crippen LogP contribution in [0.4, 0.5) is 11.5 Å². The highest BCUT2D eigenvalue weighted by atomic mass is 15.3. The third-order valence-corrected chi connectivity index (χ3v) is 3.52. The number of piperazine rings is 1. The lowest BCUT2D eigenvalue weighted by Gasteiger charge is -2.36. The normalized spacial score (nSPS) is 14.9. The molecule has 1 fully saturated rings. The molecule has 1 aliphatic heterocycles. The summed E-state index contributed by atoms with van der Waals surface area (Å²) in [6, 6.07) is 14.3. The molecule has 2 heterocycles. The van der Waals surface area contributed by atoms with Gasteiger partial charge in [0.2, 0.25) is 0 Å². The van der Waals surface area contributed by atoms with E-state index in [4.69, 9.17) is 5.26 Å². The van der Waals surface area contributed by atoms with Crippen LogP contribution in [0.2, 0.25) is 0 Å². The molecule has 3 rings (SSSR count). The number of para-hydroxylation sites is 1. The molecule has 0 unspecified atom stereocenters. The topological polar surface area (TPSA) is 56.1 Å². The van der Waals surface area contributed by atoms with Crippen LogP contribution in [-0.2, 0) is 0 Å². The first kappa shape index (κ1) is 12.4. The number of benzene rings is 1. The smallest absolute Gasteiger partial charge is 0.169 e. The molecule has 1 aromatic carbocycles. The number of nitriles is 1. The van der Waals surface area contributed by atoms with Crippen molar-refractivity contribution in [3.63, 3.8) is 0 Å². The van der Waals surface area contributed by atoms with Gasteiger partial charge in [0.05, 0.1) is 11.8 Å². The SMILES string of the molecule is N#Cc1ccnnc1N1CCN(c2ccccc2)CC1. The van der Waals surface area contributed by atoms with Gasteiger partial charge in [-0.15, -0.1) is 5.10 Å². The summed E-state index contributed by atoms with van der Waals surface area (Å²) in [5.41, 5.74) is 1.83. The summed E-state index contributed by atoms with van der Waals surface area (Å²) in [5.74, 6) is 0.697. The monoisotopic (exact) mass is 265 g/mol. The van der Waals surface area contributed by atoms with E-state index in [1.807, 2.05) is 6.07 Å². The van der Waals surface area contributed by atoms with Crippen LogP contribution in [0.3, 0.4) is 0 Å². The third kappa shape index (κ3) is 2.41. The predicted molar refractivity (Wildman–Crippen MR) is 77.6 cm³/mol. The molecule has 1 saturated heterocycles. The number of hydrogen-bond acceptors (Lipinski definition) is 5. The van der Waals surface area contributed by atoms with Crippen molar-refractivity contribution in [2.45, 2.75) is 0 Å². The number of nitrogens with zero attached hydrogens (tertiary/aromatic N) is 5. The van der Waals surface area contributed by atoms with Crippen LogP contribution in [0.1, 0.15) is 5.56 Å². The number of rotatable bonds is 2. The fraction of sp³-hybridized carbons (Fsp3) is 0.267. The van der Waals surface area contributed by atoms with E-state index in [-0.39, 0.29) is 0 Å². The molecular weight excluding hydrogens is 250 g/mol. The summed E-state index contributed by atoms with van der Waals surface area (Å²) in [7, 11) is 0. The Morgan fingerprint density at radius 1 is 0.950 bits per heavy atom. The Hall–Kier alpha value is -2.61. The minimum Gasteiger partial charge on any atom is -0.368 e. The second-order valence-corrected chi connectivity index (χ2v) is 4.69. The molecule has 20 heavy (non-hydrogen) atoms. The van der Waals surface area contributed by atoms with Crippen molar-refractivity contribution in [3.8, 4) is 6.07 Å². The fourth-order valence-corrected chi connectivity index (χ4v) is 2.46. The lowest BCUT2D eigenvalue weighted by atomic mass is 10.2. The minimum absolute atomic E-state index is 0.591. The summed E-state index contributed by atoms with van der Waals surface area (Å²) < 4.78 is 0. The molecule has 1 aromatic heterocycles. The van der Waals surface area contributed by atoms with Crippen LogP contribution in [-0.4, -0.2) is 36.4 Å². The molecule has 0 bridgehead atoms. The zero-order chi connectivity index (χ0) is 13.8. The van der Waals surface area contributed by atoms with Crippen LogP contribution in [0, 0.1) is 11.3 Å². The van der Waals surface area contributed by atoms with Crippen LogP contribution < -0.4 is 9.80 Å². The Labute approximate surface area is 118 Å². The Morgan fingerprint density at radius 2 is 1.65 bits per heavy atom. The maximum atomic E-state index is 9.12. The predicted octanol–water partition coefficient (Wildman–Crippen LogP) is 1.67. The number of hydrogen-bond donors (Lipinski definition) is 0. The highest BCUT2D eigenvalue weighted by Crippen LogP contribution is 2.20. The lowest BCUT2D eigenvalue weighted by Crippen LogP contribution is -2.47. The molecule has 0 aliphatic carbocycles. The van der Waals surface area contributed by atoms with Gasteiger partial charge in [0.25, 0.3) is 0 Å². The van der Waals surface area contributed by atoms with Crippen molar-refractivity contribution in [1.29, 1.82) is 5.26 Å². The largest absolute Gasteiger partial charge is 0.368 e. The van der Waals surface area contributed by atoms with E-state index in [2.05, 4.69) is 50.3 Å². The highest BCUT2D eigenvalue weighted by molar-refractivity contribution is 5.54. The van der Waals surface area contributed by atoms with Gasteiger partial charge in [0.15, 0.2) is 5.82 Å². The average molecular weight is 265 g/mol. The highest BCUT2D eigenvalue weighted by Gasteiger charge is 2.20. The van der Waals surface area contributed by atoms with E-state index >= 15 is 0 Å². The molecule has 1 aliphatic rings. The summed E-state index contributed by atoms with van der Waals surface area (Å²) in [5, 5.41) is 17.1. The average Bonchev–Trinajstić information content (AvgIpc) is 2.56. The van der Waals surface area contributed by atoms with Crippen molar-refractivity contribution in [2.75, 3.05) is 36.0 Å². The maximum absolute atomic E-state index is 9.12. The van der Waals surface area contributed by atoms with Gasteiger partial charge < -0.3 is 9.80 Å². The first-order chi connectivity index (χ1) is 9.88. The molecular formula is C15H15N5. The van der Waals surface area contributed by atoms with Gasteiger partial charge >= 0.3 is 0 Å². The fourth-order valence-electron chi connectivity index (χ4n) is 2.46. The molecule has 0 amide bonds. The second kappa shape index (κ2) is 5.57. The van der Waals surface area contributed by atoms with Gasteiger partial charge in [0.1, 0.15) is 6.07 Å². The molecule has 0 atom stereocenters. The molecule has 100 valence electrons. The second-order valence-electron chi connectivity index (χ2n) is 4.69. The summed E-state index contributed by atoms with van der Waals surface area (Å²) in [4.78, 5) is 4.48. The van der Waals surface area contributed by atoms with E-state index < -0.39 is 0 Å². The summed E-state index contributed by atoms with van der Waals surface area (Å²) in [6.45, 7) is 3.54. The summed E-state index contributed by atoms with van der Waals surface area (Å²) in [6.07, 6.45) is 1.56. The van der Waals surface area contributed by atoms with Gasteiger partial charge in [-0.2, -0.15) is 10.4 Å². The Bertz CT molecular complexity index is 612. The zero-order valence-electron chi connectivity index (χ0n) is 11.1. The third-order valence-electron chi connectivity index (χ3n) is 3.52. The van der Waals surface area contributed by atoms with E-state index in [0.717, 1.165) is 26.2 Å². The zero-order valence-corrected chi connectivity index (χ0v) is 11.1. The summed E-state index contributed by atoms with van der Waals surface area (Å²) >= 11 is 0. The first-order valence-electron chi connectivity index (χ1n) is 6.65. The number of aromatic nitrogens is 2. The van der Waals surface area contributed by atoms with Crippen molar-refractivity contribution in [1.82, 2.24) is 10.2 Å². The molecule has 0 saturated carbocycles. The van der Waals surface area contributed by atoms with Crippen LogP contribution in [0.5, 0.6) is 0 Å². The van der Waals surface area contributed by atoms with E-state index in [1.54, 1.807) is 12.3 Å². The van der Waals surface area contributed by atoms with E-state index in [1.165, 1.54) is 5.69 Å². The van der Waals surface area contributed by atoms with Crippen molar-refractivity contribution in [3.05, 3.63) is 48.2 Å².